The maximum atomic E-state index is 6.22. The summed E-state index contributed by atoms with van der Waals surface area (Å²) in [6.07, 6.45) is 0. The molecule has 0 fully saturated rings. The van der Waals surface area contributed by atoms with Gasteiger partial charge in [0.1, 0.15) is 13.2 Å². The molecule has 20 heavy (non-hydrogen) atoms. The molecule has 0 saturated carbocycles. The number of hydrogen-bond donors (Lipinski definition) is 1. The molecule has 1 aliphatic rings. The van der Waals surface area contributed by atoms with E-state index in [1.165, 1.54) is 5.56 Å². The number of nitrogens with one attached hydrogen (secondary N) is 1. The fraction of sp³-hybridized carbons (Fsp3) is 0.250. The van der Waals surface area contributed by atoms with Crippen molar-refractivity contribution in [3.63, 3.8) is 0 Å². The second-order valence-corrected chi connectivity index (χ2v) is 5.23. The highest BCUT2D eigenvalue weighted by Gasteiger charge is 2.16. The minimum atomic E-state index is 0.549. The molecule has 1 N–H and O–H groups in total. The quantitative estimate of drug-likeness (QED) is 0.925. The second-order valence-electron chi connectivity index (χ2n) is 4.82. The van der Waals surface area contributed by atoms with Gasteiger partial charge in [-0.05, 0) is 36.8 Å². The fourth-order valence-electron chi connectivity index (χ4n) is 2.14. The molecule has 0 spiro atoms. The molecule has 0 radical (unpaired) electrons. The second kappa shape index (κ2) is 5.63. The number of rotatable bonds is 3. The third-order valence-electron chi connectivity index (χ3n) is 3.20. The van der Waals surface area contributed by atoms with Gasteiger partial charge in [-0.2, -0.15) is 0 Å². The lowest BCUT2D eigenvalue weighted by atomic mass is 10.1. The number of ether oxygens (including phenoxy) is 2. The summed E-state index contributed by atoms with van der Waals surface area (Å²) in [7, 11) is 0. The van der Waals surface area contributed by atoms with Crippen LogP contribution in [0.2, 0.25) is 5.02 Å². The molecule has 0 saturated heterocycles. The minimum Gasteiger partial charge on any atom is -0.486 e. The Kier molecular flexibility index (Phi) is 3.70. The van der Waals surface area contributed by atoms with Gasteiger partial charge in [-0.15, -0.1) is 0 Å². The highest BCUT2D eigenvalue weighted by atomic mass is 35.5. The third-order valence-corrected chi connectivity index (χ3v) is 3.49. The van der Waals surface area contributed by atoms with Crippen LogP contribution in [0.15, 0.2) is 36.4 Å². The molecule has 0 amide bonds. The maximum absolute atomic E-state index is 6.22. The van der Waals surface area contributed by atoms with E-state index in [1.54, 1.807) is 0 Å². The highest BCUT2D eigenvalue weighted by molar-refractivity contribution is 6.32. The molecule has 2 aromatic rings. The lowest BCUT2D eigenvalue weighted by Gasteiger charge is -2.20. The molecule has 0 aliphatic carbocycles. The van der Waals surface area contributed by atoms with Gasteiger partial charge in [-0.1, -0.05) is 29.3 Å². The van der Waals surface area contributed by atoms with Crippen LogP contribution in [-0.4, -0.2) is 13.2 Å². The number of hydrogen-bond acceptors (Lipinski definition) is 3. The molecule has 0 bridgehead atoms. The summed E-state index contributed by atoms with van der Waals surface area (Å²) >= 11 is 6.22. The molecule has 3 nitrogen and oxygen atoms in total. The Labute approximate surface area is 123 Å². The topological polar surface area (TPSA) is 30.5 Å². The molecule has 3 rings (SSSR count). The van der Waals surface area contributed by atoms with Crippen molar-refractivity contribution in [3.05, 3.63) is 52.5 Å². The first kappa shape index (κ1) is 13.1. The van der Waals surface area contributed by atoms with Gasteiger partial charge in [0.25, 0.3) is 0 Å². The monoisotopic (exact) mass is 289 g/mol. The summed E-state index contributed by atoms with van der Waals surface area (Å²) in [6, 6.07) is 12.2. The number of benzene rings is 2. The lowest BCUT2D eigenvalue weighted by molar-refractivity contribution is 0.171. The van der Waals surface area contributed by atoms with E-state index in [0.29, 0.717) is 30.5 Å². The van der Waals surface area contributed by atoms with Gasteiger partial charge in [-0.25, -0.2) is 0 Å². The number of fused-ring (bicyclic) bond motifs is 1. The van der Waals surface area contributed by atoms with E-state index in [4.69, 9.17) is 21.1 Å². The predicted molar refractivity (Wildman–Crippen MR) is 80.9 cm³/mol. The van der Waals surface area contributed by atoms with Gasteiger partial charge in [0.05, 0.1) is 5.02 Å². The van der Waals surface area contributed by atoms with E-state index < -0.39 is 0 Å². The van der Waals surface area contributed by atoms with Crippen LogP contribution in [0, 0.1) is 6.92 Å². The standard InChI is InChI=1S/C16H16ClNO2/c1-11-2-4-13(5-3-11)18-10-12-8-14(17)16-15(9-12)19-6-7-20-16/h2-5,8-9,18H,6-7,10H2,1H3. The Morgan fingerprint density at radius 2 is 1.85 bits per heavy atom. The molecular formula is C16H16ClNO2. The van der Waals surface area contributed by atoms with Crippen LogP contribution in [0.1, 0.15) is 11.1 Å². The average Bonchev–Trinajstić information content (AvgIpc) is 2.47. The molecule has 104 valence electrons. The van der Waals surface area contributed by atoms with E-state index in [0.717, 1.165) is 17.0 Å². The fourth-order valence-corrected chi connectivity index (χ4v) is 2.43. The van der Waals surface area contributed by atoms with E-state index in [1.807, 2.05) is 12.1 Å². The zero-order valence-electron chi connectivity index (χ0n) is 11.3. The van der Waals surface area contributed by atoms with Crippen LogP contribution in [-0.2, 0) is 6.54 Å². The molecule has 0 unspecified atom stereocenters. The summed E-state index contributed by atoms with van der Waals surface area (Å²) in [5, 5.41) is 3.97. The molecule has 1 aliphatic heterocycles. The molecule has 1 heterocycles. The van der Waals surface area contributed by atoms with Crippen LogP contribution >= 0.6 is 11.6 Å². The summed E-state index contributed by atoms with van der Waals surface area (Å²) in [5.74, 6) is 1.38. The van der Waals surface area contributed by atoms with Crippen molar-refractivity contribution in [2.45, 2.75) is 13.5 Å². The maximum Gasteiger partial charge on any atom is 0.179 e. The van der Waals surface area contributed by atoms with Gasteiger partial charge >= 0.3 is 0 Å². The summed E-state index contributed by atoms with van der Waals surface area (Å²) in [6.45, 7) is 3.88. The number of anilines is 1. The van der Waals surface area contributed by atoms with Crippen molar-refractivity contribution in [2.75, 3.05) is 18.5 Å². The Balaban J connectivity index is 1.74. The van der Waals surface area contributed by atoms with Gasteiger partial charge in [-0.3, -0.25) is 0 Å². The first-order valence-corrected chi connectivity index (χ1v) is 6.99. The van der Waals surface area contributed by atoms with Gasteiger partial charge in [0.15, 0.2) is 11.5 Å². The zero-order valence-corrected chi connectivity index (χ0v) is 12.0. The van der Waals surface area contributed by atoms with Crippen LogP contribution in [0.5, 0.6) is 11.5 Å². The predicted octanol–water partition coefficient (Wildman–Crippen LogP) is 4.03. The summed E-state index contributed by atoms with van der Waals surface area (Å²) in [4.78, 5) is 0. The Morgan fingerprint density at radius 3 is 2.65 bits per heavy atom. The lowest BCUT2D eigenvalue weighted by Crippen LogP contribution is -2.16. The minimum absolute atomic E-state index is 0.549. The Morgan fingerprint density at radius 1 is 1.10 bits per heavy atom. The normalized spacial score (nSPS) is 13.1. The van der Waals surface area contributed by atoms with Crippen molar-refractivity contribution < 1.29 is 9.47 Å². The van der Waals surface area contributed by atoms with Crippen LogP contribution in [0.25, 0.3) is 0 Å². The number of aryl methyl sites for hydroxylation is 1. The van der Waals surface area contributed by atoms with E-state index in [9.17, 15) is 0 Å². The van der Waals surface area contributed by atoms with Crippen LogP contribution < -0.4 is 14.8 Å². The van der Waals surface area contributed by atoms with Crippen LogP contribution in [0.4, 0.5) is 5.69 Å². The molecule has 4 heteroatoms. The molecule has 0 aromatic heterocycles. The van der Waals surface area contributed by atoms with Crippen molar-refractivity contribution in [2.24, 2.45) is 0 Å². The first-order chi connectivity index (χ1) is 9.72. The smallest absolute Gasteiger partial charge is 0.179 e. The molecular weight excluding hydrogens is 274 g/mol. The number of halogens is 1. The average molecular weight is 290 g/mol. The van der Waals surface area contributed by atoms with Crippen molar-refractivity contribution in [1.82, 2.24) is 0 Å². The van der Waals surface area contributed by atoms with E-state index in [-0.39, 0.29) is 0 Å². The Hall–Kier alpha value is -1.87. The summed E-state index contributed by atoms with van der Waals surface area (Å²) < 4.78 is 11.1. The largest absolute Gasteiger partial charge is 0.486 e. The van der Waals surface area contributed by atoms with Crippen molar-refractivity contribution >= 4 is 17.3 Å². The van der Waals surface area contributed by atoms with Gasteiger partial charge < -0.3 is 14.8 Å². The first-order valence-electron chi connectivity index (χ1n) is 6.61. The van der Waals surface area contributed by atoms with Gasteiger partial charge in [0.2, 0.25) is 0 Å². The summed E-state index contributed by atoms with van der Waals surface area (Å²) in [5.41, 5.74) is 3.40. The van der Waals surface area contributed by atoms with Crippen LogP contribution in [0.3, 0.4) is 0 Å². The van der Waals surface area contributed by atoms with Crippen molar-refractivity contribution in [3.8, 4) is 11.5 Å². The third kappa shape index (κ3) is 2.83. The van der Waals surface area contributed by atoms with E-state index >= 15 is 0 Å². The SMILES string of the molecule is Cc1ccc(NCc2cc(Cl)c3c(c2)OCCO3)cc1. The molecule has 2 aromatic carbocycles. The molecule has 0 atom stereocenters. The van der Waals surface area contributed by atoms with Crippen molar-refractivity contribution in [1.29, 1.82) is 0 Å². The zero-order chi connectivity index (χ0) is 13.9. The van der Waals surface area contributed by atoms with Gasteiger partial charge in [0, 0.05) is 12.2 Å². The Bertz CT molecular complexity index is 611. The van der Waals surface area contributed by atoms with E-state index in [2.05, 4.69) is 36.5 Å². The highest BCUT2D eigenvalue weighted by Crippen LogP contribution is 2.38.